The number of nitrogens with zero attached hydrogens (tertiary/aromatic N) is 3. The van der Waals surface area contributed by atoms with Crippen LogP contribution in [0.5, 0.6) is 5.75 Å². The molecule has 0 aliphatic carbocycles. The molecule has 1 fully saturated rings. The van der Waals surface area contributed by atoms with Crippen LogP contribution in [-0.4, -0.2) is 43.6 Å². The van der Waals surface area contributed by atoms with Gasteiger partial charge in [-0.1, -0.05) is 34.1 Å². The summed E-state index contributed by atoms with van der Waals surface area (Å²) in [7, 11) is 1.66. The standard InChI is InChI=1S/C18H28N4OS.2C2H6/c1-23-17-8-10-18(11-9-17)24-20-15-16(21-19)7-3-6-14-22-12-4-2-5-13-22;2*1-2/h8-11,15H,2-7,12-14,19H2,1H3;2*1-2H3/b20-15+,21-16-;;. The molecule has 2 rings (SSSR count). The van der Waals surface area contributed by atoms with Gasteiger partial charge in [0.1, 0.15) is 5.75 Å². The normalized spacial score (nSPS) is 14.7. The lowest BCUT2D eigenvalue weighted by Crippen LogP contribution is -2.30. The second-order valence-electron chi connectivity index (χ2n) is 5.98. The van der Waals surface area contributed by atoms with Gasteiger partial charge < -0.3 is 15.5 Å². The molecular formula is C22H40N4OS. The summed E-state index contributed by atoms with van der Waals surface area (Å²) >= 11 is 1.41. The molecule has 0 bridgehead atoms. The third-order valence-corrected chi connectivity index (χ3v) is 4.88. The van der Waals surface area contributed by atoms with Crippen LogP contribution in [0.1, 0.15) is 66.2 Å². The summed E-state index contributed by atoms with van der Waals surface area (Å²) in [6.45, 7) is 11.7. The Morgan fingerprint density at radius 2 is 1.71 bits per heavy atom. The Bertz CT molecular complexity index is 526. The highest BCUT2D eigenvalue weighted by atomic mass is 32.2. The summed E-state index contributed by atoms with van der Waals surface area (Å²) < 4.78 is 9.51. The highest BCUT2D eigenvalue weighted by molar-refractivity contribution is 7.98. The zero-order valence-electron chi connectivity index (χ0n) is 18.5. The molecule has 1 aromatic carbocycles. The third kappa shape index (κ3) is 12.0. The lowest BCUT2D eigenvalue weighted by Gasteiger charge is -2.26. The predicted octanol–water partition coefficient (Wildman–Crippen LogP) is 5.80. The van der Waals surface area contributed by atoms with Gasteiger partial charge in [0.2, 0.25) is 0 Å². The largest absolute Gasteiger partial charge is 0.497 e. The van der Waals surface area contributed by atoms with Gasteiger partial charge in [-0.15, -0.1) is 0 Å². The number of hydrogen-bond donors (Lipinski definition) is 1. The molecule has 5 nitrogen and oxygen atoms in total. The fourth-order valence-electron chi connectivity index (χ4n) is 2.77. The molecular weight excluding hydrogens is 368 g/mol. The van der Waals surface area contributed by atoms with Crippen molar-refractivity contribution in [3.8, 4) is 5.75 Å². The van der Waals surface area contributed by atoms with Crippen molar-refractivity contribution in [1.82, 2.24) is 4.90 Å². The van der Waals surface area contributed by atoms with Crippen molar-refractivity contribution >= 4 is 23.9 Å². The molecule has 160 valence electrons. The van der Waals surface area contributed by atoms with Gasteiger partial charge in [-0.3, -0.25) is 0 Å². The fourth-order valence-corrected chi connectivity index (χ4v) is 3.33. The van der Waals surface area contributed by atoms with Crippen molar-refractivity contribution in [2.24, 2.45) is 15.3 Å². The number of piperidine rings is 1. The number of unbranched alkanes of at least 4 members (excludes halogenated alkanes) is 1. The Labute approximate surface area is 177 Å². The zero-order chi connectivity index (χ0) is 21.0. The van der Waals surface area contributed by atoms with Gasteiger partial charge in [-0.2, -0.15) is 5.10 Å². The van der Waals surface area contributed by atoms with Gasteiger partial charge in [-0.25, -0.2) is 4.40 Å². The number of benzene rings is 1. The van der Waals surface area contributed by atoms with Crippen LogP contribution in [0.25, 0.3) is 0 Å². The molecule has 0 amide bonds. The summed E-state index contributed by atoms with van der Waals surface area (Å²) in [5.41, 5.74) is 0.856. The summed E-state index contributed by atoms with van der Waals surface area (Å²) in [6.07, 6.45) is 9.05. The maximum Gasteiger partial charge on any atom is 0.118 e. The van der Waals surface area contributed by atoms with E-state index in [-0.39, 0.29) is 0 Å². The van der Waals surface area contributed by atoms with E-state index < -0.39 is 0 Å². The second-order valence-corrected chi connectivity index (χ2v) is 6.85. The first kappa shape index (κ1) is 26.5. The Balaban J connectivity index is 0.00000171. The van der Waals surface area contributed by atoms with Crippen molar-refractivity contribution in [2.75, 3.05) is 26.7 Å². The molecule has 1 heterocycles. The maximum absolute atomic E-state index is 5.48. The molecule has 0 aromatic heterocycles. The first-order valence-electron chi connectivity index (χ1n) is 10.7. The molecule has 0 spiro atoms. The van der Waals surface area contributed by atoms with E-state index in [1.54, 1.807) is 13.3 Å². The van der Waals surface area contributed by atoms with E-state index in [1.165, 1.54) is 57.3 Å². The predicted molar refractivity (Wildman–Crippen MR) is 126 cm³/mol. The monoisotopic (exact) mass is 408 g/mol. The summed E-state index contributed by atoms with van der Waals surface area (Å²) in [6, 6.07) is 7.82. The van der Waals surface area contributed by atoms with E-state index >= 15 is 0 Å². The summed E-state index contributed by atoms with van der Waals surface area (Å²) in [5.74, 6) is 6.32. The number of hydrogen-bond acceptors (Lipinski definition) is 6. The van der Waals surface area contributed by atoms with Crippen molar-refractivity contribution < 1.29 is 4.74 Å². The van der Waals surface area contributed by atoms with Crippen LogP contribution in [-0.2, 0) is 0 Å². The van der Waals surface area contributed by atoms with Crippen LogP contribution in [0.15, 0.2) is 38.7 Å². The molecule has 1 aliphatic heterocycles. The van der Waals surface area contributed by atoms with E-state index in [2.05, 4.69) is 14.4 Å². The fraction of sp³-hybridized carbons (Fsp3) is 0.636. The minimum absolute atomic E-state index is 0.848. The maximum atomic E-state index is 5.48. The smallest absolute Gasteiger partial charge is 0.118 e. The molecule has 28 heavy (non-hydrogen) atoms. The molecule has 2 N–H and O–H groups in total. The zero-order valence-corrected chi connectivity index (χ0v) is 19.3. The highest BCUT2D eigenvalue weighted by Crippen LogP contribution is 2.21. The molecule has 0 radical (unpaired) electrons. The number of ether oxygens (including phenoxy) is 1. The lowest BCUT2D eigenvalue weighted by atomic mass is 10.1. The molecule has 6 heteroatoms. The van der Waals surface area contributed by atoms with Crippen molar-refractivity contribution in [1.29, 1.82) is 0 Å². The van der Waals surface area contributed by atoms with Gasteiger partial charge >= 0.3 is 0 Å². The summed E-state index contributed by atoms with van der Waals surface area (Å²) in [4.78, 5) is 3.63. The Morgan fingerprint density at radius 1 is 1.07 bits per heavy atom. The first-order valence-corrected chi connectivity index (χ1v) is 11.4. The van der Waals surface area contributed by atoms with Gasteiger partial charge in [0.25, 0.3) is 0 Å². The van der Waals surface area contributed by atoms with Crippen LogP contribution in [0, 0.1) is 0 Å². The van der Waals surface area contributed by atoms with E-state index in [1.807, 2.05) is 52.0 Å². The Hall–Kier alpha value is -1.53. The van der Waals surface area contributed by atoms with E-state index in [4.69, 9.17) is 10.6 Å². The van der Waals surface area contributed by atoms with Crippen molar-refractivity contribution in [3.63, 3.8) is 0 Å². The Kier molecular flexibility index (Phi) is 17.8. The van der Waals surface area contributed by atoms with Gasteiger partial charge in [0.05, 0.1) is 19.0 Å². The number of rotatable bonds is 9. The van der Waals surface area contributed by atoms with Crippen LogP contribution in [0.4, 0.5) is 0 Å². The van der Waals surface area contributed by atoms with Crippen LogP contribution < -0.4 is 10.6 Å². The van der Waals surface area contributed by atoms with Crippen molar-refractivity contribution in [3.05, 3.63) is 24.3 Å². The Morgan fingerprint density at radius 3 is 2.29 bits per heavy atom. The van der Waals surface area contributed by atoms with Gasteiger partial charge in [-0.05, 0) is 76.0 Å². The average molecular weight is 409 g/mol. The van der Waals surface area contributed by atoms with E-state index in [0.29, 0.717) is 0 Å². The van der Waals surface area contributed by atoms with Crippen LogP contribution >= 0.6 is 11.9 Å². The van der Waals surface area contributed by atoms with Crippen molar-refractivity contribution in [2.45, 2.75) is 71.1 Å². The van der Waals surface area contributed by atoms with E-state index in [0.717, 1.165) is 29.2 Å². The molecule has 1 saturated heterocycles. The first-order chi connectivity index (χ1) is 13.8. The molecule has 0 unspecified atom stereocenters. The quantitative estimate of drug-likeness (QED) is 0.184. The van der Waals surface area contributed by atoms with Gasteiger partial charge in [0.15, 0.2) is 0 Å². The number of nitrogens with two attached hydrogens (primary N) is 1. The highest BCUT2D eigenvalue weighted by Gasteiger charge is 2.09. The lowest BCUT2D eigenvalue weighted by molar-refractivity contribution is 0.225. The average Bonchev–Trinajstić information content (AvgIpc) is 2.79. The number of methoxy groups -OCH3 is 1. The molecule has 1 aromatic rings. The topological polar surface area (TPSA) is 63.2 Å². The van der Waals surface area contributed by atoms with Crippen LogP contribution in [0.2, 0.25) is 0 Å². The number of likely N-dealkylation sites (tertiary alicyclic amines) is 1. The van der Waals surface area contributed by atoms with Crippen LogP contribution in [0.3, 0.4) is 0 Å². The SMILES string of the molecule is CC.CC.COc1ccc(S/N=C/C(CCCCN2CCCCC2)=N\N)cc1. The minimum atomic E-state index is 0.848. The molecule has 0 saturated carbocycles. The third-order valence-electron chi connectivity index (χ3n) is 4.19. The van der Waals surface area contributed by atoms with Gasteiger partial charge in [0, 0.05) is 16.8 Å². The minimum Gasteiger partial charge on any atom is -0.497 e. The molecule has 0 atom stereocenters. The summed E-state index contributed by atoms with van der Waals surface area (Å²) in [5, 5.41) is 3.85. The molecule has 1 aliphatic rings. The second kappa shape index (κ2) is 18.8. The number of hydrazone groups is 1. The van der Waals surface area contributed by atoms with E-state index in [9.17, 15) is 0 Å².